The van der Waals surface area contributed by atoms with Crippen molar-refractivity contribution in [1.29, 1.82) is 0 Å². The van der Waals surface area contributed by atoms with Crippen molar-refractivity contribution in [3.05, 3.63) is 41.2 Å². The van der Waals surface area contributed by atoms with E-state index in [9.17, 15) is 0 Å². The molecule has 0 saturated heterocycles. The lowest BCUT2D eigenvalue weighted by Gasteiger charge is -2.19. The van der Waals surface area contributed by atoms with Crippen LogP contribution in [0.4, 0.5) is 0 Å². The van der Waals surface area contributed by atoms with Crippen LogP contribution >= 0.6 is 0 Å². The predicted molar refractivity (Wildman–Crippen MR) is 80.0 cm³/mol. The zero-order valence-electron chi connectivity index (χ0n) is 12.1. The van der Waals surface area contributed by atoms with E-state index in [0.717, 1.165) is 31.6 Å². The SMILES string of the molecule is CCCNCc1cnnn1-c1cccc2c1CCCC2. The summed E-state index contributed by atoms with van der Waals surface area (Å²) in [5.74, 6) is 0. The molecule has 0 saturated carbocycles. The smallest absolute Gasteiger partial charge is 0.0783 e. The van der Waals surface area contributed by atoms with Crippen LogP contribution in [0.2, 0.25) is 0 Å². The Balaban J connectivity index is 1.91. The average Bonchev–Trinajstić information content (AvgIpc) is 2.95. The number of hydrogen-bond acceptors (Lipinski definition) is 3. The molecule has 1 aliphatic carbocycles. The Bertz CT molecular complexity index is 574. The van der Waals surface area contributed by atoms with Gasteiger partial charge in [-0.25, -0.2) is 4.68 Å². The van der Waals surface area contributed by atoms with E-state index >= 15 is 0 Å². The fourth-order valence-corrected chi connectivity index (χ4v) is 2.93. The van der Waals surface area contributed by atoms with E-state index in [2.05, 4.69) is 40.8 Å². The molecule has 1 heterocycles. The van der Waals surface area contributed by atoms with Gasteiger partial charge in [0.25, 0.3) is 0 Å². The van der Waals surface area contributed by atoms with Gasteiger partial charge in [-0.15, -0.1) is 5.10 Å². The third-order valence-corrected chi connectivity index (χ3v) is 3.95. The maximum atomic E-state index is 4.30. The van der Waals surface area contributed by atoms with Gasteiger partial charge in [0.2, 0.25) is 0 Å². The van der Waals surface area contributed by atoms with E-state index in [-0.39, 0.29) is 0 Å². The summed E-state index contributed by atoms with van der Waals surface area (Å²) in [5, 5.41) is 11.8. The number of nitrogens with one attached hydrogen (secondary N) is 1. The molecular formula is C16H22N4. The third-order valence-electron chi connectivity index (χ3n) is 3.95. The van der Waals surface area contributed by atoms with Gasteiger partial charge in [0, 0.05) is 6.54 Å². The number of aryl methyl sites for hydroxylation is 1. The molecule has 0 spiro atoms. The lowest BCUT2D eigenvalue weighted by atomic mass is 9.90. The van der Waals surface area contributed by atoms with E-state index in [1.165, 1.54) is 36.1 Å². The summed E-state index contributed by atoms with van der Waals surface area (Å²) in [5.41, 5.74) is 5.29. The van der Waals surface area contributed by atoms with Gasteiger partial charge >= 0.3 is 0 Å². The molecule has 4 heteroatoms. The highest BCUT2D eigenvalue weighted by molar-refractivity contribution is 5.47. The standard InChI is InChI=1S/C16H22N4/c1-2-10-17-11-14-12-18-19-20(14)16-9-5-7-13-6-3-4-8-15(13)16/h5,7,9,12,17H,2-4,6,8,10-11H2,1H3. The van der Waals surface area contributed by atoms with Crippen LogP contribution in [0.15, 0.2) is 24.4 Å². The van der Waals surface area contributed by atoms with Crippen LogP contribution in [0, 0.1) is 0 Å². The second-order valence-corrected chi connectivity index (χ2v) is 5.44. The highest BCUT2D eigenvalue weighted by atomic mass is 15.4. The van der Waals surface area contributed by atoms with Gasteiger partial charge in [0.1, 0.15) is 0 Å². The second kappa shape index (κ2) is 6.18. The fraction of sp³-hybridized carbons (Fsp3) is 0.500. The molecule has 0 atom stereocenters. The summed E-state index contributed by atoms with van der Waals surface area (Å²) in [6.07, 6.45) is 7.95. The normalized spacial score (nSPS) is 14.2. The molecule has 0 fully saturated rings. The maximum absolute atomic E-state index is 4.30. The maximum Gasteiger partial charge on any atom is 0.0783 e. The van der Waals surface area contributed by atoms with Crippen molar-refractivity contribution in [2.45, 2.75) is 45.6 Å². The summed E-state index contributed by atoms with van der Waals surface area (Å²) in [7, 11) is 0. The largest absolute Gasteiger partial charge is 0.311 e. The van der Waals surface area contributed by atoms with Crippen molar-refractivity contribution in [2.75, 3.05) is 6.54 Å². The van der Waals surface area contributed by atoms with Gasteiger partial charge in [-0.05, 0) is 55.8 Å². The van der Waals surface area contributed by atoms with Crippen LogP contribution < -0.4 is 5.32 Å². The van der Waals surface area contributed by atoms with E-state index in [1.54, 1.807) is 0 Å². The monoisotopic (exact) mass is 270 g/mol. The van der Waals surface area contributed by atoms with Crippen LogP contribution in [0.5, 0.6) is 0 Å². The van der Waals surface area contributed by atoms with Crippen molar-refractivity contribution in [2.24, 2.45) is 0 Å². The summed E-state index contributed by atoms with van der Waals surface area (Å²) in [6, 6.07) is 6.57. The first-order chi connectivity index (χ1) is 9.90. The Morgan fingerprint density at radius 3 is 3.05 bits per heavy atom. The first-order valence-corrected chi connectivity index (χ1v) is 7.61. The summed E-state index contributed by atoms with van der Waals surface area (Å²) < 4.78 is 2.01. The molecule has 20 heavy (non-hydrogen) atoms. The topological polar surface area (TPSA) is 42.7 Å². The van der Waals surface area contributed by atoms with Gasteiger partial charge < -0.3 is 5.32 Å². The van der Waals surface area contributed by atoms with Crippen molar-refractivity contribution in [3.63, 3.8) is 0 Å². The fourth-order valence-electron chi connectivity index (χ4n) is 2.93. The average molecular weight is 270 g/mol. The number of nitrogens with zero attached hydrogens (tertiary/aromatic N) is 3. The predicted octanol–water partition coefficient (Wildman–Crippen LogP) is 2.65. The van der Waals surface area contributed by atoms with E-state index in [4.69, 9.17) is 0 Å². The van der Waals surface area contributed by atoms with E-state index < -0.39 is 0 Å². The molecule has 2 aromatic rings. The van der Waals surface area contributed by atoms with Crippen LogP contribution in [0.1, 0.15) is 43.0 Å². The summed E-state index contributed by atoms with van der Waals surface area (Å²) >= 11 is 0. The Hall–Kier alpha value is -1.68. The molecule has 1 aromatic heterocycles. The number of hydrogen-bond donors (Lipinski definition) is 1. The summed E-state index contributed by atoms with van der Waals surface area (Å²) in [6.45, 7) is 4.03. The van der Waals surface area contributed by atoms with Crippen molar-refractivity contribution < 1.29 is 0 Å². The van der Waals surface area contributed by atoms with Gasteiger partial charge in [-0.2, -0.15) is 0 Å². The highest BCUT2D eigenvalue weighted by Gasteiger charge is 2.16. The van der Waals surface area contributed by atoms with Crippen LogP contribution in [0.25, 0.3) is 5.69 Å². The minimum Gasteiger partial charge on any atom is -0.311 e. The van der Waals surface area contributed by atoms with Crippen molar-refractivity contribution in [3.8, 4) is 5.69 Å². The van der Waals surface area contributed by atoms with Crippen molar-refractivity contribution in [1.82, 2.24) is 20.3 Å². The van der Waals surface area contributed by atoms with Crippen LogP contribution in [-0.2, 0) is 19.4 Å². The third kappa shape index (κ3) is 2.61. The first-order valence-electron chi connectivity index (χ1n) is 7.61. The lowest BCUT2D eigenvalue weighted by Crippen LogP contribution is -2.18. The molecule has 0 aliphatic heterocycles. The molecule has 4 nitrogen and oxygen atoms in total. The van der Waals surface area contributed by atoms with Gasteiger partial charge in [0.15, 0.2) is 0 Å². The number of aromatic nitrogens is 3. The Kier molecular flexibility index (Phi) is 4.11. The molecule has 1 aliphatic rings. The molecule has 0 bridgehead atoms. The Morgan fingerprint density at radius 2 is 2.15 bits per heavy atom. The van der Waals surface area contributed by atoms with Crippen molar-refractivity contribution >= 4 is 0 Å². The molecule has 1 aromatic carbocycles. The zero-order valence-corrected chi connectivity index (χ0v) is 12.1. The number of rotatable bonds is 5. The molecule has 0 unspecified atom stereocenters. The minimum absolute atomic E-state index is 0.824. The zero-order chi connectivity index (χ0) is 13.8. The number of fused-ring (bicyclic) bond motifs is 1. The summed E-state index contributed by atoms with van der Waals surface area (Å²) in [4.78, 5) is 0. The molecule has 0 radical (unpaired) electrons. The number of benzene rings is 1. The lowest BCUT2D eigenvalue weighted by molar-refractivity contribution is 0.632. The minimum atomic E-state index is 0.824. The van der Waals surface area contributed by atoms with E-state index in [1.807, 2.05) is 10.9 Å². The first kappa shape index (κ1) is 13.3. The molecular weight excluding hydrogens is 248 g/mol. The quantitative estimate of drug-likeness (QED) is 0.849. The van der Waals surface area contributed by atoms with Crippen LogP contribution in [-0.4, -0.2) is 21.5 Å². The highest BCUT2D eigenvalue weighted by Crippen LogP contribution is 2.27. The Labute approximate surface area is 120 Å². The molecule has 0 amide bonds. The molecule has 106 valence electrons. The van der Waals surface area contributed by atoms with E-state index in [0.29, 0.717) is 0 Å². The van der Waals surface area contributed by atoms with Gasteiger partial charge in [-0.3, -0.25) is 0 Å². The van der Waals surface area contributed by atoms with Gasteiger partial charge in [0.05, 0.1) is 17.6 Å². The van der Waals surface area contributed by atoms with Crippen LogP contribution in [0.3, 0.4) is 0 Å². The molecule has 1 N–H and O–H groups in total. The Morgan fingerprint density at radius 1 is 1.25 bits per heavy atom. The molecule has 3 rings (SSSR count). The second-order valence-electron chi connectivity index (χ2n) is 5.44. The van der Waals surface area contributed by atoms with Gasteiger partial charge in [-0.1, -0.05) is 24.3 Å².